The molecule has 1 heterocycles. The molecular weight excluding hydrogens is 308 g/mol. The van der Waals surface area contributed by atoms with Crippen molar-refractivity contribution in [3.8, 4) is 0 Å². The van der Waals surface area contributed by atoms with E-state index in [2.05, 4.69) is 5.32 Å². The Morgan fingerprint density at radius 1 is 1.25 bits per heavy atom. The van der Waals surface area contributed by atoms with Gasteiger partial charge in [0.1, 0.15) is 5.82 Å². The van der Waals surface area contributed by atoms with Crippen molar-refractivity contribution in [1.29, 1.82) is 0 Å². The zero-order valence-corrected chi connectivity index (χ0v) is 15.2. The normalized spacial score (nSPS) is 19.5. The molecule has 0 bridgehead atoms. The molecule has 1 aromatic rings. The van der Waals surface area contributed by atoms with E-state index in [-0.39, 0.29) is 18.3 Å². The van der Waals surface area contributed by atoms with Crippen LogP contribution in [0.15, 0.2) is 23.7 Å². The number of hydrogen-bond acceptors (Lipinski definition) is 3. The van der Waals surface area contributed by atoms with Gasteiger partial charge in [-0.3, -0.25) is 4.79 Å². The number of nitrogens with one attached hydrogen (secondary N) is 1. The van der Waals surface area contributed by atoms with E-state index in [1.807, 2.05) is 39.8 Å². The first-order chi connectivity index (χ1) is 11.0. The maximum Gasteiger partial charge on any atom is 0.492 e. The quantitative estimate of drug-likeness (QED) is 0.860. The minimum atomic E-state index is -0.593. The highest BCUT2D eigenvalue weighted by Crippen LogP contribution is 2.38. The minimum absolute atomic E-state index is 0.145. The molecule has 0 atom stereocenters. The van der Waals surface area contributed by atoms with Crippen LogP contribution < -0.4 is 5.32 Å². The lowest BCUT2D eigenvalue weighted by atomic mass is 9.76. The van der Waals surface area contributed by atoms with E-state index in [0.717, 1.165) is 11.0 Å². The summed E-state index contributed by atoms with van der Waals surface area (Å²) < 4.78 is 25.9. The van der Waals surface area contributed by atoms with Crippen LogP contribution in [0, 0.1) is 12.7 Å². The molecule has 6 heteroatoms. The average Bonchev–Trinajstić information content (AvgIpc) is 2.67. The van der Waals surface area contributed by atoms with Gasteiger partial charge in [-0.05, 0) is 57.3 Å². The van der Waals surface area contributed by atoms with Crippen LogP contribution in [0.3, 0.4) is 0 Å². The van der Waals surface area contributed by atoms with Gasteiger partial charge in [0.15, 0.2) is 0 Å². The van der Waals surface area contributed by atoms with Crippen molar-refractivity contribution in [2.75, 3.05) is 6.54 Å². The number of carbonyl (C=O) groups is 1. The lowest BCUT2D eigenvalue weighted by molar-refractivity contribution is -0.118. The summed E-state index contributed by atoms with van der Waals surface area (Å²) in [6, 6.07) is 4.92. The van der Waals surface area contributed by atoms with Crippen LogP contribution in [0.4, 0.5) is 4.39 Å². The zero-order valence-electron chi connectivity index (χ0n) is 15.2. The lowest BCUT2D eigenvalue weighted by Gasteiger charge is -2.32. The highest BCUT2D eigenvalue weighted by atomic mass is 19.1. The van der Waals surface area contributed by atoms with E-state index in [1.165, 1.54) is 13.0 Å². The van der Waals surface area contributed by atoms with Crippen LogP contribution in [-0.4, -0.2) is 30.8 Å². The Morgan fingerprint density at radius 2 is 1.83 bits per heavy atom. The van der Waals surface area contributed by atoms with E-state index in [1.54, 1.807) is 13.0 Å². The highest BCUT2D eigenvalue weighted by Gasteiger charge is 2.52. The van der Waals surface area contributed by atoms with Crippen molar-refractivity contribution >= 4 is 19.1 Å². The topological polar surface area (TPSA) is 47.6 Å². The fourth-order valence-corrected chi connectivity index (χ4v) is 2.40. The number of rotatable bonds is 4. The van der Waals surface area contributed by atoms with Gasteiger partial charge < -0.3 is 14.6 Å². The second-order valence-electron chi connectivity index (χ2n) is 7.17. The van der Waals surface area contributed by atoms with Crippen LogP contribution in [0.1, 0.15) is 45.7 Å². The second-order valence-corrected chi connectivity index (χ2v) is 7.17. The molecule has 1 amide bonds. The van der Waals surface area contributed by atoms with Gasteiger partial charge in [-0.25, -0.2) is 4.39 Å². The summed E-state index contributed by atoms with van der Waals surface area (Å²) in [5, 5.41) is 2.77. The van der Waals surface area contributed by atoms with Gasteiger partial charge in [0.05, 0.1) is 11.2 Å². The van der Waals surface area contributed by atoms with Crippen molar-refractivity contribution < 1.29 is 18.5 Å². The van der Waals surface area contributed by atoms with E-state index in [4.69, 9.17) is 9.31 Å². The Hall–Kier alpha value is -1.66. The van der Waals surface area contributed by atoms with Crippen LogP contribution >= 0.6 is 0 Å². The molecule has 1 aromatic carbocycles. The molecule has 1 N–H and O–H groups in total. The van der Waals surface area contributed by atoms with Gasteiger partial charge in [-0.15, -0.1) is 0 Å². The monoisotopic (exact) mass is 333 g/mol. The van der Waals surface area contributed by atoms with E-state index >= 15 is 0 Å². The van der Waals surface area contributed by atoms with Gasteiger partial charge >= 0.3 is 7.12 Å². The second kappa shape index (κ2) is 6.69. The molecule has 1 aliphatic rings. The summed E-state index contributed by atoms with van der Waals surface area (Å²) in [7, 11) is -0.593. The zero-order chi connectivity index (χ0) is 18.1. The number of carbonyl (C=O) groups excluding carboxylic acids is 1. The molecule has 2 rings (SSSR count). The summed E-state index contributed by atoms with van der Waals surface area (Å²) in [6.45, 7) is 11.3. The van der Waals surface area contributed by atoms with E-state index in [9.17, 15) is 9.18 Å². The summed E-state index contributed by atoms with van der Waals surface area (Å²) in [5.41, 5.74) is 1.07. The van der Waals surface area contributed by atoms with Crippen molar-refractivity contribution in [2.45, 2.75) is 52.7 Å². The first-order valence-electron chi connectivity index (χ1n) is 8.09. The Kier molecular flexibility index (Phi) is 5.21. The molecule has 1 fully saturated rings. The summed E-state index contributed by atoms with van der Waals surface area (Å²) in [5.74, 6) is -0.412. The fourth-order valence-electron chi connectivity index (χ4n) is 2.40. The standard InChI is InChI=1S/C18H25BFNO3/c1-12-14(8-7-9-16(12)20)10-15(11-21-13(2)22)19-23-17(3,4)18(5,6)24-19/h7-10H,11H2,1-6H3,(H,21,22). The van der Waals surface area contributed by atoms with Crippen LogP contribution in [-0.2, 0) is 14.1 Å². The largest absolute Gasteiger partial charge is 0.492 e. The van der Waals surface area contributed by atoms with Gasteiger partial charge in [0.2, 0.25) is 5.91 Å². The Labute approximate surface area is 143 Å². The van der Waals surface area contributed by atoms with Gasteiger partial charge in [0, 0.05) is 13.5 Å². The number of halogens is 1. The summed E-state index contributed by atoms with van der Waals surface area (Å²) >= 11 is 0. The molecule has 0 aliphatic carbocycles. The highest BCUT2D eigenvalue weighted by molar-refractivity contribution is 6.56. The van der Waals surface area contributed by atoms with Crippen molar-refractivity contribution in [3.05, 3.63) is 40.6 Å². The van der Waals surface area contributed by atoms with Crippen LogP contribution in [0.5, 0.6) is 0 Å². The molecule has 0 saturated carbocycles. The summed E-state index contributed by atoms with van der Waals surface area (Å²) in [4.78, 5) is 11.3. The van der Waals surface area contributed by atoms with Crippen molar-refractivity contribution in [1.82, 2.24) is 5.32 Å². The van der Waals surface area contributed by atoms with Gasteiger partial charge in [-0.2, -0.15) is 0 Å². The molecule has 0 aromatic heterocycles. The molecule has 0 unspecified atom stereocenters. The third-order valence-corrected chi connectivity index (χ3v) is 4.75. The molecule has 1 saturated heterocycles. The van der Waals surface area contributed by atoms with Gasteiger partial charge in [0.25, 0.3) is 0 Å². The smallest absolute Gasteiger partial charge is 0.400 e. The van der Waals surface area contributed by atoms with Crippen LogP contribution in [0.2, 0.25) is 0 Å². The van der Waals surface area contributed by atoms with E-state index in [0.29, 0.717) is 5.56 Å². The molecule has 4 nitrogen and oxygen atoms in total. The first-order valence-corrected chi connectivity index (χ1v) is 8.09. The minimum Gasteiger partial charge on any atom is -0.400 e. The predicted molar refractivity (Wildman–Crippen MR) is 93.9 cm³/mol. The molecule has 0 spiro atoms. The van der Waals surface area contributed by atoms with Crippen molar-refractivity contribution in [3.63, 3.8) is 0 Å². The maximum absolute atomic E-state index is 13.8. The molecule has 130 valence electrons. The summed E-state index contributed by atoms with van der Waals surface area (Å²) in [6.07, 6.45) is 1.83. The number of hydrogen-bond donors (Lipinski definition) is 1. The molecule has 1 aliphatic heterocycles. The Morgan fingerprint density at radius 3 is 2.38 bits per heavy atom. The van der Waals surface area contributed by atoms with Crippen molar-refractivity contribution in [2.24, 2.45) is 0 Å². The lowest BCUT2D eigenvalue weighted by Crippen LogP contribution is -2.41. The number of benzene rings is 1. The molecule has 24 heavy (non-hydrogen) atoms. The Balaban J connectivity index is 2.37. The molecule has 0 radical (unpaired) electrons. The third-order valence-electron chi connectivity index (χ3n) is 4.75. The van der Waals surface area contributed by atoms with E-state index < -0.39 is 18.3 Å². The SMILES string of the molecule is CC(=O)NCC(=Cc1cccc(F)c1C)B1OC(C)(C)C(C)(C)O1. The maximum atomic E-state index is 13.8. The fraction of sp³-hybridized carbons (Fsp3) is 0.500. The van der Waals surface area contributed by atoms with Crippen LogP contribution in [0.25, 0.3) is 6.08 Å². The third kappa shape index (κ3) is 3.87. The average molecular weight is 333 g/mol. The molecular formula is C18H25BFNO3. The predicted octanol–water partition coefficient (Wildman–Crippen LogP) is 3.29. The Bertz CT molecular complexity index is 654. The first kappa shape index (κ1) is 18.7. The number of amides is 1. The van der Waals surface area contributed by atoms with Gasteiger partial charge in [-0.1, -0.05) is 18.2 Å².